The molecule has 5 rings (SSSR count). The second-order valence-corrected chi connectivity index (χ2v) is 9.72. The normalized spacial score (nSPS) is 20.8. The summed E-state index contributed by atoms with van der Waals surface area (Å²) in [6, 6.07) is 3.12. The van der Waals surface area contributed by atoms with Crippen LogP contribution in [0.3, 0.4) is 0 Å². The Kier molecular flexibility index (Phi) is 6.01. The van der Waals surface area contributed by atoms with Gasteiger partial charge in [-0.2, -0.15) is 18.2 Å². The second kappa shape index (κ2) is 8.75. The fourth-order valence-corrected chi connectivity index (χ4v) is 5.89. The van der Waals surface area contributed by atoms with Crippen molar-refractivity contribution >= 4 is 28.5 Å². The van der Waals surface area contributed by atoms with E-state index in [0.717, 1.165) is 34.5 Å². The summed E-state index contributed by atoms with van der Waals surface area (Å²) in [5.41, 5.74) is -2.61. The fourth-order valence-electron chi connectivity index (χ4n) is 4.70. The number of aliphatic hydroxyl groups excluding tert-OH is 1. The molecule has 35 heavy (non-hydrogen) atoms. The van der Waals surface area contributed by atoms with Crippen molar-refractivity contribution in [2.24, 2.45) is 0 Å². The third-order valence-corrected chi connectivity index (χ3v) is 7.53. The van der Waals surface area contributed by atoms with Crippen molar-refractivity contribution in [2.75, 3.05) is 30.3 Å². The monoisotopic (exact) mass is 512 g/mol. The number of benzene rings is 2. The topological polar surface area (TPSA) is 70.4 Å². The first-order valence-corrected chi connectivity index (χ1v) is 12.0. The molecule has 0 amide bonds. The van der Waals surface area contributed by atoms with Gasteiger partial charge < -0.3 is 15.3 Å². The summed E-state index contributed by atoms with van der Waals surface area (Å²) in [5, 5.41) is 13.7. The number of aromatic nitrogens is 2. The maximum Gasteiger partial charge on any atom is 0.417 e. The highest BCUT2D eigenvalue weighted by Gasteiger charge is 2.39. The summed E-state index contributed by atoms with van der Waals surface area (Å²) in [6.45, 7) is 3.24. The molecule has 0 radical (unpaired) electrons. The number of aliphatic hydroxyl groups is 1. The van der Waals surface area contributed by atoms with Gasteiger partial charge in [0.15, 0.2) is 0 Å². The highest BCUT2D eigenvalue weighted by atomic mass is 32.2. The lowest BCUT2D eigenvalue weighted by molar-refractivity contribution is -0.137. The van der Waals surface area contributed by atoms with Crippen molar-refractivity contribution in [3.63, 3.8) is 0 Å². The van der Waals surface area contributed by atoms with E-state index >= 15 is 0 Å². The number of rotatable bonds is 2. The van der Waals surface area contributed by atoms with Gasteiger partial charge in [-0.15, -0.1) is 11.8 Å². The maximum absolute atomic E-state index is 14.9. The van der Waals surface area contributed by atoms with Crippen LogP contribution in [0.25, 0.3) is 22.0 Å². The number of nitrogens with zero attached hydrogens (tertiary/aromatic N) is 3. The molecule has 2 atom stereocenters. The van der Waals surface area contributed by atoms with E-state index in [1.807, 2.05) is 6.92 Å². The molecule has 0 bridgehead atoms. The highest BCUT2D eigenvalue weighted by Crippen LogP contribution is 2.48. The Morgan fingerprint density at radius 2 is 2.00 bits per heavy atom. The van der Waals surface area contributed by atoms with Crippen molar-refractivity contribution in [3.8, 4) is 11.1 Å². The molecule has 1 aromatic heterocycles. The minimum Gasteiger partial charge on any atom is -0.390 e. The minimum absolute atomic E-state index is 0.000390. The minimum atomic E-state index is -4.89. The van der Waals surface area contributed by atoms with E-state index in [9.17, 15) is 31.9 Å². The summed E-state index contributed by atoms with van der Waals surface area (Å²) in [7, 11) is 0. The Balaban J connectivity index is 1.94. The number of anilines is 1. The summed E-state index contributed by atoms with van der Waals surface area (Å²) >= 11 is 0.911. The van der Waals surface area contributed by atoms with Crippen molar-refractivity contribution in [1.82, 2.24) is 14.9 Å². The van der Waals surface area contributed by atoms with Gasteiger partial charge in [0.25, 0.3) is 0 Å². The SMILES string of the molecule is C[C@H]1CNCCN1c1nc(=O)n2c3c(c(-c4ccc(F)cc4F)c(C(F)(F)F)cc13)SC[C@@H](O)C2. The summed E-state index contributed by atoms with van der Waals surface area (Å²) in [5.74, 6) is -1.99. The number of halogens is 5. The molecule has 2 aliphatic rings. The third kappa shape index (κ3) is 4.17. The molecule has 2 N–H and O–H groups in total. The molecule has 12 heteroatoms. The molecule has 1 saturated heterocycles. The first-order valence-electron chi connectivity index (χ1n) is 11.0. The van der Waals surface area contributed by atoms with Gasteiger partial charge in [-0.1, -0.05) is 0 Å². The van der Waals surface area contributed by atoms with Gasteiger partial charge in [-0.05, 0) is 25.1 Å². The van der Waals surface area contributed by atoms with Crippen LogP contribution >= 0.6 is 11.8 Å². The Bertz CT molecular complexity index is 1380. The summed E-state index contributed by atoms with van der Waals surface area (Å²) in [4.78, 5) is 19.0. The smallest absolute Gasteiger partial charge is 0.390 e. The molecule has 3 aromatic rings. The molecule has 6 nitrogen and oxygen atoms in total. The molecule has 0 aliphatic carbocycles. The van der Waals surface area contributed by atoms with Gasteiger partial charge in [0.05, 0.1) is 23.7 Å². The van der Waals surface area contributed by atoms with E-state index < -0.39 is 46.3 Å². The average Bonchev–Trinajstić information content (AvgIpc) is 2.96. The predicted octanol–water partition coefficient (Wildman–Crippen LogP) is 3.63. The zero-order valence-electron chi connectivity index (χ0n) is 18.5. The van der Waals surface area contributed by atoms with E-state index in [1.165, 1.54) is 0 Å². The Hall–Kier alpha value is -2.70. The number of hydrogen-bond donors (Lipinski definition) is 2. The zero-order valence-corrected chi connectivity index (χ0v) is 19.3. The van der Waals surface area contributed by atoms with Crippen molar-refractivity contribution in [1.29, 1.82) is 0 Å². The van der Waals surface area contributed by atoms with Crippen LogP contribution in [-0.4, -0.2) is 52.2 Å². The number of nitrogens with one attached hydrogen (secondary N) is 1. The third-order valence-electron chi connectivity index (χ3n) is 6.29. The summed E-state index contributed by atoms with van der Waals surface area (Å²) < 4.78 is 73.0. The molecule has 0 saturated carbocycles. The van der Waals surface area contributed by atoms with Crippen LogP contribution < -0.4 is 15.9 Å². The van der Waals surface area contributed by atoms with Crippen molar-refractivity contribution in [2.45, 2.75) is 36.7 Å². The van der Waals surface area contributed by atoms with Crippen LogP contribution in [0, 0.1) is 11.6 Å². The second-order valence-electron chi connectivity index (χ2n) is 8.69. The molecular formula is C23H21F5N4O2S. The number of thioether (sulfide) groups is 1. The lowest BCUT2D eigenvalue weighted by Crippen LogP contribution is -2.51. The van der Waals surface area contributed by atoms with Crippen LogP contribution in [0.1, 0.15) is 12.5 Å². The van der Waals surface area contributed by atoms with Crippen LogP contribution in [0.5, 0.6) is 0 Å². The molecule has 2 aromatic carbocycles. The van der Waals surface area contributed by atoms with E-state index in [0.29, 0.717) is 25.7 Å². The lowest BCUT2D eigenvalue weighted by Gasteiger charge is -2.36. The van der Waals surface area contributed by atoms with Gasteiger partial charge in [0.1, 0.15) is 17.5 Å². The highest BCUT2D eigenvalue weighted by molar-refractivity contribution is 7.99. The number of hydrogen-bond acceptors (Lipinski definition) is 6. The van der Waals surface area contributed by atoms with E-state index in [1.54, 1.807) is 4.90 Å². The van der Waals surface area contributed by atoms with Gasteiger partial charge in [-0.3, -0.25) is 4.57 Å². The molecular weight excluding hydrogens is 491 g/mol. The molecule has 1 fully saturated rings. The predicted molar refractivity (Wildman–Crippen MR) is 123 cm³/mol. The first-order chi connectivity index (χ1) is 16.6. The molecule has 0 spiro atoms. The molecule has 3 heterocycles. The van der Waals surface area contributed by atoms with Gasteiger partial charge in [0, 0.05) is 58.9 Å². The van der Waals surface area contributed by atoms with Crippen LogP contribution in [0.15, 0.2) is 34.0 Å². The zero-order chi connectivity index (χ0) is 25.1. The van der Waals surface area contributed by atoms with Gasteiger partial charge >= 0.3 is 11.9 Å². The largest absolute Gasteiger partial charge is 0.417 e. The van der Waals surface area contributed by atoms with Crippen LogP contribution in [0.2, 0.25) is 0 Å². The lowest BCUT2D eigenvalue weighted by atomic mass is 9.95. The maximum atomic E-state index is 14.9. The number of piperazine rings is 1. The van der Waals surface area contributed by atoms with Crippen molar-refractivity contribution in [3.05, 3.63) is 51.9 Å². The molecule has 0 unspecified atom stereocenters. The average molecular weight is 513 g/mol. The number of alkyl halides is 3. The van der Waals surface area contributed by atoms with E-state index in [4.69, 9.17) is 0 Å². The van der Waals surface area contributed by atoms with Gasteiger partial charge in [-0.25, -0.2) is 13.6 Å². The Morgan fingerprint density at radius 3 is 2.69 bits per heavy atom. The standard InChI is InChI=1S/C23H21F5N4O2S/c1-11-8-29-4-5-31(11)21-15-7-16(23(26,27)28)18(14-3-2-12(24)6-17(14)25)20-19(15)32(22(34)30-21)9-13(33)10-35-20/h2-3,6-7,11,13,29,33H,4-5,8-10H2,1H3/t11-,13-/m0/s1. The van der Waals surface area contributed by atoms with Gasteiger partial charge in [0.2, 0.25) is 0 Å². The van der Waals surface area contributed by atoms with Crippen LogP contribution in [0.4, 0.5) is 27.8 Å². The molecule has 186 valence electrons. The quantitative estimate of drug-likeness (QED) is 0.512. The first kappa shape index (κ1) is 24.0. The molecule has 2 aliphatic heterocycles. The van der Waals surface area contributed by atoms with Crippen molar-refractivity contribution < 1.29 is 27.1 Å². The Morgan fingerprint density at radius 1 is 1.23 bits per heavy atom. The Labute approximate surface area is 200 Å². The fraction of sp³-hybridized carbons (Fsp3) is 0.391. The van der Waals surface area contributed by atoms with Crippen LogP contribution in [-0.2, 0) is 12.7 Å². The van der Waals surface area contributed by atoms with E-state index in [-0.39, 0.29) is 40.0 Å². The summed E-state index contributed by atoms with van der Waals surface area (Å²) in [6.07, 6.45) is -5.93. The van der Waals surface area contributed by atoms with E-state index in [2.05, 4.69) is 10.3 Å².